The van der Waals surface area contributed by atoms with Gasteiger partial charge in [-0.3, -0.25) is 4.79 Å². The van der Waals surface area contributed by atoms with Crippen molar-refractivity contribution < 1.29 is 9.28 Å². The van der Waals surface area contributed by atoms with Crippen molar-refractivity contribution >= 4 is 13.6 Å². The van der Waals surface area contributed by atoms with Gasteiger partial charge >= 0.3 is 0 Å². The number of hydrogen-bond acceptors (Lipinski definition) is 2. The monoisotopic (exact) mass is 295 g/mol. The third kappa shape index (κ3) is 3.07. The number of ketones is 1. The van der Waals surface area contributed by atoms with Crippen LogP contribution in [0.2, 0.25) is 5.31 Å². The van der Waals surface area contributed by atoms with Crippen LogP contribution >= 0.6 is 0 Å². The summed E-state index contributed by atoms with van der Waals surface area (Å²) in [6.45, 7) is 16.2. The van der Waals surface area contributed by atoms with Crippen LogP contribution in [0.5, 0.6) is 0 Å². The van der Waals surface area contributed by atoms with Gasteiger partial charge in [0, 0.05) is 5.92 Å². The average molecular weight is 295 g/mol. The van der Waals surface area contributed by atoms with E-state index in [1.54, 1.807) is 6.92 Å². The minimum absolute atomic E-state index is 0.0169. The van der Waals surface area contributed by atoms with Crippen molar-refractivity contribution in [3.63, 3.8) is 0 Å². The van der Waals surface area contributed by atoms with Gasteiger partial charge in [0.2, 0.25) is 0 Å². The van der Waals surface area contributed by atoms with E-state index >= 15 is 0 Å². The highest BCUT2D eigenvalue weighted by Gasteiger charge is 2.57. The second-order valence-corrected chi connectivity index (χ2v) is 9.07. The van der Waals surface area contributed by atoms with Crippen molar-refractivity contribution in [2.24, 2.45) is 17.1 Å². The molecule has 21 heavy (non-hydrogen) atoms. The van der Waals surface area contributed by atoms with Gasteiger partial charge in [-0.25, -0.2) is 0 Å². The van der Waals surface area contributed by atoms with Gasteiger partial charge in [-0.05, 0) is 38.4 Å². The molecule has 0 amide bonds. The van der Waals surface area contributed by atoms with E-state index in [1.807, 2.05) is 6.92 Å². The second-order valence-electron chi connectivity index (χ2n) is 9.07. The van der Waals surface area contributed by atoms with E-state index in [2.05, 4.69) is 55.8 Å². The minimum atomic E-state index is -1.06. The van der Waals surface area contributed by atoms with E-state index in [0.717, 1.165) is 4.48 Å². The molecule has 0 spiro atoms. The molecule has 2 radical (unpaired) electrons. The first-order valence-electron chi connectivity index (χ1n) is 7.75. The van der Waals surface area contributed by atoms with Gasteiger partial charge in [0.1, 0.15) is 5.78 Å². The van der Waals surface area contributed by atoms with Crippen molar-refractivity contribution in [1.82, 2.24) is 0 Å². The molecule has 0 fully saturated rings. The molecule has 122 valence electrons. The van der Waals surface area contributed by atoms with Crippen LogP contribution in [0, 0.1) is 11.3 Å². The van der Waals surface area contributed by atoms with Gasteiger partial charge in [0.25, 0.3) is 0 Å². The van der Waals surface area contributed by atoms with Crippen LogP contribution in [-0.4, -0.2) is 50.3 Å². The van der Waals surface area contributed by atoms with Crippen LogP contribution in [0.25, 0.3) is 0 Å². The summed E-state index contributed by atoms with van der Waals surface area (Å²) in [6, 6.07) is 0. The fourth-order valence-electron chi connectivity index (χ4n) is 2.95. The van der Waals surface area contributed by atoms with Crippen LogP contribution in [0.3, 0.4) is 0 Å². The molecule has 3 unspecified atom stereocenters. The second kappa shape index (κ2) is 5.38. The summed E-state index contributed by atoms with van der Waals surface area (Å²) in [5.41, 5.74) is 4.93. The maximum absolute atomic E-state index is 12.0. The predicted octanol–water partition coefficient (Wildman–Crippen LogP) is 2.79. The predicted molar refractivity (Wildman–Crippen MR) is 92.5 cm³/mol. The quantitative estimate of drug-likeness (QED) is 0.605. The zero-order chi connectivity index (χ0) is 17.7. The number of quaternary nitrogens is 1. The number of carbonyl (C=O) groups is 1. The Labute approximate surface area is 133 Å². The molecule has 4 heteroatoms. The Morgan fingerprint density at radius 1 is 1.05 bits per heavy atom. The van der Waals surface area contributed by atoms with Crippen LogP contribution in [0.4, 0.5) is 0 Å². The molecule has 0 aromatic heterocycles. The Morgan fingerprint density at radius 3 is 1.62 bits per heavy atom. The Morgan fingerprint density at radius 2 is 1.38 bits per heavy atom. The third-order valence-electron chi connectivity index (χ3n) is 7.02. The Bertz CT molecular complexity index is 404. The molecule has 0 bridgehead atoms. The smallest absolute Gasteiger partial charge is 0.149 e. The Balaban J connectivity index is 5.94. The van der Waals surface area contributed by atoms with E-state index in [4.69, 9.17) is 13.6 Å². The lowest BCUT2D eigenvalue weighted by Crippen LogP contribution is -2.65. The first-order valence-corrected chi connectivity index (χ1v) is 7.75. The number of carbonyl (C=O) groups excluding carboxylic acids is 1. The highest BCUT2D eigenvalue weighted by molar-refractivity contribution is 6.19. The molecule has 0 saturated heterocycles. The zero-order valence-corrected chi connectivity index (χ0v) is 16.1. The van der Waals surface area contributed by atoms with Gasteiger partial charge in [-0.1, -0.05) is 27.7 Å². The van der Waals surface area contributed by atoms with Gasteiger partial charge in [-0.15, -0.1) is 0 Å². The molecule has 0 aliphatic rings. The number of hydrogen-bond donors (Lipinski definition) is 1. The maximum Gasteiger partial charge on any atom is 0.149 e. The first kappa shape index (κ1) is 20.7. The fourth-order valence-corrected chi connectivity index (χ4v) is 2.95. The van der Waals surface area contributed by atoms with Crippen molar-refractivity contribution in [1.29, 1.82) is 0 Å². The standard InChI is InChI=1S/C17H36BN2O/c1-12(15(5,6)20(9,10)11)14(3,4)17(8,18)16(7,19)13(2)21/h12H,19H2,1-11H3/q+1. The van der Waals surface area contributed by atoms with Crippen LogP contribution < -0.4 is 5.73 Å². The van der Waals surface area contributed by atoms with E-state index in [9.17, 15) is 4.79 Å². The molecule has 0 aliphatic heterocycles. The van der Waals surface area contributed by atoms with Crippen LogP contribution in [-0.2, 0) is 4.79 Å². The number of nitrogens with zero attached hydrogens (tertiary/aromatic N) is 1. The van der Waals surface area contributed by atoms with E-state index in [-0.39, 0.29) is 22.7 Å². The largest absolute Gasteiger partial charge is 0.326 e. The summed E-state index contributed by atoms with van der Waals surface area (Å²) < 4.78 is 0.815. The molecule has 2 N–H and O–H groups in total. The topological polar surface area (TPSA) is 43.1 Å². The molecular weight excluding hydrogens is 259 g/mol. The minimum Gasteiger partial charge on any atom is -0.326 e. The maximum atomic E-state index is 12.0. The summed E-state index contributed by atoms with van der Waals surface area (Å²) in [5.74, 6) is 0.179. The summed E-state index contributed by atoms with van der Waals surface area (Å²) in [5, 5.41) is -0.822. The van der Waals surface area contributed by atoms with Crippen molar-refractivity contribution in [2.45, 2.75) is 71.8 Å². The highest BCUT2D eigenvalue weighted by Crippen LogP contribution is 2.57. The van der Waals surface area contributed by atoms with Crippen LogP contribution in [0.15, 0.2) is 0 Å². The van der Waals surface area contributed by atoms with E-state index in [1.165, 1.54) is 6.92 Å². The first-order chi connectivity index (χ1) is 8.85. The molecule has 3 nitrogen and oxygen atoms in total. The molecule has 0 rings (SSSR count). The van der Waals surface area contributed by atoms with Gasteiger partial charge in [0.05, 0.1) is 40.1 Å². The molecule has 0 aliphatic carbocycles. The normalized spacial score (nSPS) is 21.3. The fraction of sp³-hybridized carbons (Fsp3) is 0.941. The number of rotatable bonds is 6. The number of nitrogens with two attached hydrogens (primary N) is 1. The SMILES string of the molecule is [B]C(C)(C(C)(N)C(C)=O)C(C)(C)C(C)C(C)(C)[N+](C)(C)C. The van der Waals surface area contributed by atoms with Crippen molar-refractivity contribution in [3.05, 3.63) is 0 Å². The third-order valence-corrected chi connectivity index (χ3v) is 7.02. The highest BCUT2D eigenvalue weighted by atomic mass is 16.1. The average Bonchev–Trinajstić information content (AvgIpc) is 2.25. The number of Topliss-reactive ketones (excluding diaryl/α,β-unsaturated/α-hetero) is 1. The van der Waals surface area contributed by atoms with Crippen LogP contribution in [0.1, 0.15) is 55.4 Å². The van der Waals surface area contributed by atoms with E-state index in [0.29, 0.717) is 0 Å². The van der Waals surface area contributed by atoms with E-state index < -0.39 is 10.9 Å². The lowest BCUT2D eigenvalue weighted by atomic mass is 9.42. The molecule has 3 atom stereocenters. The lowest BCUT2D eigenvalue weighted by Gasteiger charge is -2.59. The van der Waals surface area contributed by atoms with Gasteiger partial charge in [-0.2, -0.15) is 0 Å². The van der Waals surface area contributed by atoms with Gasteiger partial charge < -0.3 is 10.2 Å². The Kier molecular flexibility index (Phi) is 5.29. The lowest BCUT2D eigenvalue weighted by molar-refractivity contribution is -0.925. The molecule has 0 heterocycles. The Hall–Kier alpha value is -0.345. The summed E-state index contributed by atoms with van der Waals surface area (Å²) >= 11 is 0. The summed E-state index contributed by atoms with van der Waals surface area (Å²) in [7, 11) is 13.2. The molecular formula is C17H36BN2O+. The molecule has 0 aromatic rings. The zero-order valence-electron chi connectivity index (χ0n) is 16.1. The van der Waals surface area contributed by atoms with Crippen molar-refractivity contribution in [2.75, 3.05) is 21.1 Å². The summed E-state index contributed by atoms with van der Waals surface area (Å²) in [4.78, 5) is 12.0. The van der Waals surface area contributed by atoms with Gasteiger partial charge in [0.15, 0.2) is 0 Å². The summed E-state index contributed by atoms with van der Waals surface area (Å²) in [6.07, 6.45) is 0. The molecule has 0 saturated carbocycles. The van der Waals surface area contributed by atoms with Crippen molar-refractivity contribution in [3.8, 4) is 0 Å². The molecule has 0 aromatic carbocycles.